The Balaban J connectivity index is 1.68. The summed E-state index contributed by atoms with van der Waals surface area (Å²) in [6, 6.07) is 8.45. The zero-order valence-corrected chi connectivity index (χ0v) is 15.7. The molecular formula is C19H29BrN2O. The van der Waals surface area contributed by atoms with Crippen LogP contribution in [0.4, 0.5) is 0 Å². The lowest BCUT2D eigenvalue weighted by Gasteiger charge is -2.22. The van der Waals surface area contributed by atoms with Crippen molar-refractivity contribution in [3.05, 3.63) is 34.3 Å². The van der Waals surface area contributed by atoms with Crippen molar-refractivity contribution in [3.8, 4) is 0 Å². The number of rotatable bonds is 8. The van der Waals surface area contributed by atoms with E-state index in [4.69, 9.17) is 0 Å². The minimum absolute atomic E-state index is 0.219. The third-order valence-electron chi connectivity index (χ3n) is 4.82. The second kappa shape index (κ2) is 10.1. The van der Waals surface area contributed by atoms with Gasteiger partial charge in [0.25, 0.3) is 0 Å². The Morgan fingerprint density at radius 3 is 2.87 bits per heavy atom. The Morgan fingerprint density at radius 2 is 2.17 bits per heavy atom. The van der Waals surface area contributed by atoms with Gasteiger partial charge in [-0.25, -0.2) is 0 Å². The molecule has 1 aliphatic heterocycles. The van der Waals surface area contributed by atoms with Gasteiger partial charge in [-0.05, 0) is 68.3 Å². The van der Waals surface area contributed by atoms with Crippen LogP contribution in [0.1, 0.15) is 44.6 Å². The largest absolute Gasteiger partial charge is 0.356 e. The van der Waals surface area contributed by atoms with E-state index in [1.54, 1.807) is 0 Å². The molecule has 0 aromatic heterocycles. The Morgan fingerprint density at radius 1 is 1.39 bits per heavy atom. The van der Waals surface area contributed by atoms with Crippen LogP contribution < -0.4 is 10.6 Å². The van der Waals surface area contributed by atoms with Gasteiger partial charge in [-0.2, -0.15) is 0 Å². The smallest absolute Gasteiger partial charge is 0.220 e. The van der Waals surface area contributed by atoms with Crippen LogP contribution in [-0.2, 0) is 11.2 Å². The first-order valence-electron chi connectivity index (χ1n) is 8.89. The molecule has 4 heteroatoms. The minimum Gasteiger partial charge on any atom is -0.356 e. The number of amides is 1. The molecule has 1 aromatic carbocycles. The predicted octanol–water partition coefficient (Wildman–Crippen LogP) is 3.91. The number of piperidine rings is 1. The first-order valence-corrected chi connectivity index (χ1v) is 9.68. The van der Waals surface area contributed by atoms with Gasteiger partial charge in [-0.1, -0.05) is 41.4 Å². The second-order valence-corrected chi connectivity index (χ2v) is 7.56. The summed E-state index contributed by atoms with van der Waals surface area (Å²) in [6.45, 7) is 5.20. The Labute approximate surface area is 148 Å². The molecule has 1 unspecified atom stereocenters. The SMILES string of the molecule is CCC(CNC(=O)CCC1CCNCC1)Cc1cccc(Br)c1. The third-order valence-corrected chi connectivity index (χ3v) is 5.31. The minimum atomic E-state index is 0.219. The van der Waals surface area contributed by atoms with Gasteiger partial charge in [0.15, 0.2) is 0 Å². The molecule has 1 amide bonds. The number of nitrogens with one attached hydrogen (secondary N) is 2. The number of hydrogen-bond donors (Lipinski definition) is 2. The molecule has 128 valence electrons. The van der Waals surface area contributed by atoms with E-state index < -0.39 is 0 Å². The highest BCUT2D eigenvalue weighted by molar-refractivity contribution is 9.10. The lowest BCUT2D eigenvalue weighted by molar-refractivity contribution is -0.121. The molecule has 3 nitrogen and oxygen atoms in total. The Hall–Kier alpha value is -0.870. The van der Waals surface area contributed by atoms with Crippen molar-refractivity contribution in [2.24, 2.45) is 11.8 Å². The fraction of sp³-hybridized carbons (Fsp3) is 0.632. The zero-order valence-electron chi connectivity index (χ0n) is 14.1. The molecule has 2 N–H and O–H groups in total. The quantitative estimate of drug-likeness (QED) is 0.717. The Kier molecular flexibility index (Phi) is 8.10. The fourth-order valence-corrected chi connectivity index (χ4v) is 3.66. The van der Waals surface area contributed by atoms with Crippen molar-refractivity contribution < 1.29 is 4.79 Å². The van der Waals surface area contributed by atoms with Crippen molar-refractivity contribution >= 4 is 21.8 Å². The standard InChI is InChI=1S/C19H29BrN2O/c1-2-15(12-17-4-3-5-18(20)13-17)14-22-19(23)7-6-16-8-10-21-11-9-16/h3-5,13,15-16,21H,2,6-12,14H2,1H3,(H,22,23). The summed E-state index contributed by atoms with van der Waals surface area (Å²) < 4.78 is 1.12. The van der Waals surface area contributed by atoms with Gasteiger partial charge < -0.3 is 10.6 Å². The lowest BCUT2D eigenvalue weighted by atomic mass is 9.93. The number of carbonyl (C=O) groups is 1. The molecule has 1 aliphatic rings. The van der Waals surface area contributed by atoms with Gasteiger partial charge in [-0.15, -0.1) is 0 Å². The number of carbonyl (C=O) groups excluding carboxylic acids is 1. The molecular weight excluding hydrogens is 352 g/mol. The number of halogens is 1. The topological polar surface area (TPSA) is 41.1 Å². The van der Waals surface area contributed by atoms with Crippen LogP contribution in [0, 0.1) is 11.8 Å². The zero-order chi connectivity index (χ0) is 16.5. The van der Waals surface area contributed by atoms with Gasteiger partial charge in [0.1, 0.15) is 0 Å². The maximum absolute atomic E-state index is 12.1. The summed E-state index contributed by atoms with van der Waals surface area (Å²) >= 11 is 3.52. The molecule has 23 heavy (non-hydrogen) atoms. The van der Waals surface area contributed by atoms with Crippen LogP contribution >= 0.6 is 15.9 Å². The highest BCUT2D eigenvalue weighted by Crippen LogP contribution is 2.18. The fourth-order valence-electron chi connectivity index (χ4n) is 3.21. The molecule has 0 radical (unpaired) electrons. The van der Waals surface area contributed by atoms with Crippen LogP contribution in [-0.4, -0.2) is 25.5 Å². The van der Waals surface area contributed by atoms with E-state index in [0.29, 0.717) is 12.3 Å². The predicted molar refractivity (Wildman–Crippen MR) is 99.5 cm³/mol. The number of benzene rings is 1. The summed E-state index contributed by atoms with van der Waals surface area (Å²) in [7, 11) is 0. The molecule has 1 aromatic rings. The van der Waals surface area contributed by atoms with E-state index in [0.717, 1.165) is 49.3 Å². The highest BCUT2D eigenvalue weighted by atomic mass is 79.9. The molecule has 0 saturated carbocycles. The van der Waals surface area contributed by atoms with Crippen molar-refractivity contribution in [2.45, 2.75) is 45.4 Å². The van der Waals surface area contributed by atoms with Crippen LogP contribution in [0.15, 0.2) is 28.7 Å². The lowest BCUT2D eigenvalue weighted by Crippen LogP contribution is -2.31. The van der Waals surface area contributed by atoms with Crippen LogP contribution in [0.5, 0.6) is 0 Å². The second-order valence-electron chi connectivity index (χ2n) is 6.64. The van der Waals surface area contributed by atoms with Gasteiger partial charge in [0.05, 0.1) is 0 Å². The van der Waals surface area contributed by atoms with E-state index in [9.17, 15) is 4.79 Å². The first kappa shape index (κ1) is 18.5. The van der Waals surface area contributed by atoms with Crippen molar-refractivity contribution in [1.82, 2.24) is 10.6 Å². The summed E-state index contributed by atoms with van der Waals surface area (Å²) in [4.78, 5) is 12.1. The van der Waals surface area contributed by atoms with Gasteiger partial charge in [-0.3, -0.25) is 4.79 Å². The van der Waals surface area contributed by atoms with E-state index in [-0.39, 0.29) is 5.91 Å². The summed E-state index contributed by atoms with van der Waals surface area (Å²) in [5, 5.41) is 6.52. The molecule has 1 fully saturated rings. The number of hydrogen-bond acceptors (Lipinski definition) is 2. The van der Waals surface area contributed by atoms with Gasteiger partial charge in [0.2, 0.25) is 5.91 Å². The Bertz CT molecular complexity index is 486. The highest BCUT2D eigenvalue weighted by Gasteiger charge is 2.15. The van der Waals surface area contributed by atoms with Gasteiger partial charge >= 0.3 is 0 Å². The van der Waals surface area contributed by atoms with E-state index in [2.05, 4.69) is 51.7 Å². The molecule has 0 bridgehead atoms. The molecule has 1 heterocycles. The third kappa shape index (κ3) is 7.05. The molecule has 1 atom stereocenters. The average Bonchev–Trinajstić information content (AvgIpc) is 2.57. The molecule has 0 spiro atoms. The average molecular weight is 381 g/mol. The molecule has 0 aliphatic carbocycles. The van der Waals surface area contributed by atoms with Crippen molar-refractivity contribution in [3.63, 3.8) is 0 Å². The van der Waals surface area contributed by atoms with Crippen LogP contribution in [0.25, 0.3) is 0 Å². The molecule has 1 saturated heterocycles. The normalized spacial score (nSPS) is 17.0. The van der Waals surface area contributed by atoms with Crippen LogP contribution in [0.3, 0.4) is 0 Å². The summed E-state index contributed by atoms with van der Waals surface area (Å²) in [5.74, 6) is 1.45. The van der Waals surface area contributed by atoms with Crippen LogP contribution in [0.2, 0.25) is 0 Å². The van der Waals surface area contributed by atoms with Crippen molar-refractivity contribution in [1.29, 1.82) is 0 Å². The first-order chi connectivity index (χ1) is 11.2. The van der Waals surface area contributed by atoms with E-state index >= 15 is 0 Å². The van der Waals surface area contributed by atoms with E-state index in [1.165, 1.54) is 18.4 Å². The monoisotopic (exact) mass is 380 g/mol. The van der Waals surface area contributed by atoms with Gasteiger partial charge in [0, 0.05) is 17.4 Å². The van der Waals surface area contributed by atoms with E-state index in [1.807, 2.05) is 6.07 Å². The summed E-state index contributed by atoms with van der Waals surface area (Å²) in [6.07, 6.45) is 6.25. The molecule has 2 rings (SSSR count). The maximum atomic E-state index is 12.1. The van der Waals surface area contributed by atoms with Crippen molar-refractivity contribution in [2.75, 3.05) is 19.6 Å². The summed E-state index contributed by atoms with van der Waals surface area (Å²) in [5.41, 5.74) is 1.33. The maximum Gasteiger partial charge on any atom is 0.220 e.